The van der Waals surface area contributed by atoms with Gasteiger partial charge in [-0.25, -0.2) is 0 Å². The Morgan fingerprint density at radius 1 is 1.40 bits per heavy atom. The van der Waals surface area contributed by atoms with Gasteiger partial charge in [0.1, 0.15) is 5.75 Å². The second-order valence-corrected chi connectivity index (χ2v) is 8.24. The molecule has 0 spiro atoms. The molecule has 111 valence electrons. The van der Waals surface area contributed by atoms with Gasteiger partial charge in [0.05, 0.1) is 6.42 Å². The SMILES string of the molecule is C[Si](C)Oc1cc(C(C)(C)C)ccc1C(N)CC(=O)O. The van der Waals surface area contributed by atoms with Crippen LogP contribution in [0.25, 0.3) is 0 Å². The summed E-state index contributed by atoms with van der Waals surface area (Å²) in [5, 5.41) is 8.89. The number of hydrogen-bond donors (Lipinski definition) is 2. The number of carboxylic acids is 1. The van der Waals surface area contributed by atoms with Crippen molar-refractivity contribution in [3.63, 3.8) is 0 Å². The van der Waals surface area contributed by atoms with Crippen molar-refractivity contribution in [3.8, 4) is 5.75 Å². The molecule has 1 atom stereocenters. The molecular formula is C15H24NO3Si. The highest BCUT2D eigenvalue weighted by Crippen LogP contribution is 2.32. The minimum Gasteiger partial charge on any atom is -0.542 e. The Morgan fingerprint density at radius 2 is 2.00 bits per heavy atom. The van der Waals surface area contributed by atoms with Gasteiger partial charge in [-0.2, -0.15) is 0 Å². The highest BCUT2D eigenvalue weighted by atomic mass is 28.3. The molecule has 0 aliphatic heterocycles. The lowest BCUT2D eigenvalue weighted by atomic mass is 9.85. The van der Waals surface area contributed by atoms with Crippen molar-refractivity contribution in [1.82, 2.24) is 0 Å². The summed E-state index contributed by atoms with van der Waals surface area (Å²) in [6, 6.07) is 5.35. The molecule has 0 amide bonds. The molecular weight excluding hydrogens is 270 g/mol. The van der Waals surface area contributed by atoms with E-state index < -0.39 is 21.1 Å². The molecule has 0 aromatic heterocycles. The van der Waals surface area contributed by atoms with Gasteiger partial charge in [-0.1, -0.05) is 32.9 Å². The summed E-state index contributed by atoms with van der Waals surface area (Å²) in [7, 11) is -0.934. The number of nitrogens with two attached hydrogens (primary N) is 1. The monoisotopic (exact) mass is 294 g/mol. The van der Waals surface area contributed by atoms with E-state index in [1.54, 1.807) is 0 Å². The summed E-state index contributed by atoms with van der Waals surface area (Å²) in [6.45, 7) is 10.5. The van der Waals surface area contributed by atoms with Crippen molar-refractivity contribution >= 4 is 15.0 Å². The van der Waals surface area contributed by atoms with Gasteiger partial charge in [0.25, 0.3) is 9.04 Å². The molecule has 1 aromatic rings. The molecule has 1 rings (SSSR count). The van der Waals surface area contributed by atoms with E-state index in [0.717, 1.165) is 16.9 Å². The van der Waals surface area contributed by atoms with Crippen LogP contribution in [0.2, 0.25) is 13.1 Å². The van der Waals surface area contributed by atoms with Crippen molar-refractivity contribution in [2.45, 2.75) is 51.7 Å². The van der Waals surface area contributed by atoms with E-state index >= 15 is 0 Å². The lowest BCUT2D eigenvalue weighted by Gasteiger charge is -2.24. The van der Waals surface area contributed by atoms with Gasteiger partial charge in [-0.05, 0) is 30.1 Å². The lowest BCUT2D eigenvalue weighted by Crippen LogP contribution is -2.20. The first-order valence-electron chi connectivity index (χ1n) is 6.71. The Labute approximate surface area is 122 Å². The molecule has 0 saturated heterocycles. The number of carbonyl (C=O) groups is 1. The van der Waals surface area contributed by atoms with Crippen LogP contribution in [0.3, 0.4) is 0 Å². The van der Waals surface area contributed by atoms with Gasteiger partial charge < -0.3 is 15.3 Å². The van der Waals surface area contributed by atoms with Crippen LogP contribution in [0.1, 0.15) is 44.4 Å². The van der Waals surface area contributed by atoms with E-state index in [0.29, 0.717) is 0 Å². The third-order valence-corrected chi connectivity index (χ3v) is 3.62. The number of rotatable bonds is 5. The van der Waals surface area contributed by atoms with E-state index in [1.165, 1.54) is 0 Å². The summed E-state index contributed by atoms with van der Waals surface area (Å²) in [5.74, 6) is -0.174. The number of benzene rings is 1. The van der Waals surface area contributed by atoms with Crippen molar-refractivity contribution in [3.05, 3.63) is 29.3 Å². The Morgan fingerprint density at radius 3 is 2.45 bits per heavy atom. The molecule has 0 heterocycles. The highest BCUT2D eigenvalue weighted by Gasteiger charge is 2.20. The minimum absolute atomic E-state index is 0.0158. The van der Waals surface area contributed by atoms with E-state index in [9.17, 15) is 4.79 Å². The zero-order valence-corrected chi connectivity index (χ0v) is 13.9. The lowest BCUT2D eigenvalue weighted by molar-refractivity contribution is -0.137. The van der Waals surface area contributed by atoms with E-state index in [-0.39, 0.29) is 11.8 Å². The Bertz CT molecular complexity index is 480. The zero-order chi connectivity index (χ0) is 15.5. The molecule has 0 saturated carbocycles. The first-order chi connectivity index (χ1) is 9.11. The van der Waals surface area contributed by atoms with Crippen molar-refractivity contribution in [1.29, 1.82) is 0 Å². The Kier molecular flexibility index (Phi) is 5.36. The fourth-order valence-electron chi connectivity index (χ4n) is 1.91. The topological polar surface area (TPSA) is 72.5 Å². The van der Waals surface area contributed by atoms with Gasteiger partial charge in [-0.3, -0.25) is 4.79 Å². The molecule has 1 aromatic carbocycles. The molecule has 0 aliphatic carbocycles. The third-order valence-electron chi connectivity index (χ3n) is 2.99. The first kappa shape index (κ1) is 16.7. The third kappa shape index (κ3) is 4.65. The van der Waals surface area contributed by atoms with Crippen LogP contribution in [0.15, 0.2) is 18.2 Å². The molecule has 4 nitrogen and oxygen atoms in total. The fraction of sp³-hybridized carbons (Fsp3) is 0.533. The van der Waals surface area contributed by atoms with Crippen LogP contribution >= 0.6 is 0 Å². The molecule has 3 N–H and O–H groups in total. The second-order valence-electron chi connectivity index (χ2n) is 6.22. The number of hydrogen-bond acceptors (Lipinski definition) is 3. The van der Waals surface area contributed by atoms with Gasteiger partial charge in [0.2, 0.25) is 0 Å². The maximum Gasteiger partial charge on any atom is 0.305 e. The second kappa shape index (κ2) is 6.41. The molecule has 0 bridgehead atoms. The van der Waals surface area contributed by atoms with Crippen LogP contribution in [0, 0.1) is 0 Å². The minimum atomic E-state index is -0.934. The van der Waals surface area contributed by atoms with E-state index in [4.69, 9.17) is 15.3 Å². The molecule has 0 fully saturated rings. The molecule has 1 radical (unpaired) electrons. The summed E-state index contributed by atoms with van der Waals surface area (Å²) >= 11 is 0. The van der Waals surface area contributed by atoms with Gasteiger partial charge in [-0.15, -0.1) is 0 Å². The molecule has 0 aliphatic rings. The summed E-state index contributed by atoms with van der Waals surface area (Å²) < 4.78 is 5.91. The van der Waals surface area contributed by atoms with Gasteiger partial charge in [0.15, 0.2) is 0 Å². The predicted molar refractivity (Wildman–Crippen MR) is 82.4 cm³/mol. The zero-order valence-electron chi connectivity index (χ0n) is 12.9. The maximum absolute atomic E-state index is 10.8. The largest absolute Gasteiger partial charge is 0.542 e. The normalized spacial score (nSPS) is 13.3. The summed E-state index contributed by atoms with van der Waals surface area (Å²) in [5.41, 5.74) is 7.92. The molecule has 1 unspecified atom stereocenters. The van der Waals surface area contributed by atoms with Crippen molar-refractivity contribution < 1.29 is 14.3 Å². The Balaban J connectivity index is 3.19. The number of aliphatic carboxylic acids is 1. The van der Waals surface area contributed by atoms with Crippen molar-refractivity contribution in [2.75, 3.05) is 0 Å². The molecule has 20 heavy (non-hydrogen) atoms. The summed E-state index contributed by atoms with van der Waals surface area (Å²) in [6.07, 6.45) is -0.0965. The smallest absolute Gasteiger partial charge is 0.305 e. The van der Waals surface area contributed by atoms with Crippen LogP contribution in [0.4, 0.5) is 0 Å². The van der Waals surface area contributed by atoms with Crippen LogP contribution in [-0.4, -0.2) is 20.1 Å². The average Bonchev–Trinajstić information content (AvgIpc) is 2.25. The maximum atomic E-state index is 10.8. The average molecular weight is 294 g/mol. The van der Waals surface area contributed by atoms with Crippen LogP contribution in [-0.2, 0) is 10.2 Å². The van der Waals surface area contributed by atoms with E-state index in [2.05, 4.69) is 20.8 Å². The fourth-order valence-corrected chi connectivity index (χ4v) is 2.53. The number of carboxylic acid groups (broad SMARTS) is 1. The van der Waals surface area contributed by atoms with Crippen molar-refractivity contribution in [2.24, 2.45) is 5.73 Å². The Hall–Kier alpha value is -1.33. The standard InChI is InChI=1S/C15H24NO3Si/c1-15(2,3)10-6-7-11(12(16)9-14(17)18)13(8-10)19-20(4)5/h6-8,12H,9,16H2,1-5H3,(H,17,18). The van der Waals surface area contributed by atoms with Gasteiger partial charge in [0, 0.05) is 11.6 Å². The van der Waals surface area contributed by atoms with E-state index in [1.807, 2.05) is 31.3 Å². The highest BCUT2D eigenvalue weighted by molar-refractivity contribution is 6.49. The summed E-state index contributed by atoms with van der Waals surface area (Å²) in [4.78, 5) is 10.8. The molecule has 5 heteroatoms. The quantitative estimate of drug-likeness (QED) is 0.819. The van der Waals surface area contributed by atoms with Crippen LogP contribution < -0.4 is 10.2 Å². The first-order valence-corrected chi connectivity index (χ1v) is 9.12. The van der Waals surface area contributed by atoms with Crippen LogP contribution in [0.5, 0.6) is 5.75 Å². The predicted octanol–water partition coefficient (Wildman–Crippen LogP) is 3.09. The van der Waals surface area contributed by atoms with Gasteiger partial charge >= 0.3 is 5.97 Å².